The van der Waals surface area contributed by atoms with E-state index < -0.39 is 0 Å². The quantitative estimate of drug-likeness (QED) is 0.208. The fourth-order valence-corrected chi connectivity index (χ4v) is 4.96. The van der Waals surface area contributed by atoms with Gasteiger partial charge >= 0.3 is 0 Å². The first-order valence-corrected chi connectivity index (χ1v) is 13.0. The number of benzene rings is 3. The van der Waals surface area contributed by atoms with Gasteiger partial charge in [-0.3, -0.25) is 9.69 Å². The second kappa shape index (κ2) is 11.7. The highest BCUT2D eigenvalue weighted by Crippen LogP contribution is 2.36. The van der Waals surface area contributed by atoms with E-state index in [1.165, 1.54) is 11.8 Å². The number of hydrogen-bond donors (Lipinski definition) is 0. The highest BCUT2D eigenvalue weighted by atomic mass is 79.9. The first-order chi connectivity index (χ1) is 17.0. The summed E-state index contributed by atoms with van der Waals surface area (Å²) < 4.78 is 18.6. The van der Waals surface area contributed by atoms with Crippen LogP contribution in [0.3, 0.4) is 0 Å². The molecule has 1 saturated heterocycles. The molecule has 0 N–H and O–H groups in total. The molecular weight excluding hydrogens is 546 g/mol. The smallest absolute Gasteiger partial charge is 0.266 e. The topological polar surface area (TPSA) is 48.0 Å². The summed E-state index contributed by atoms with van der Waals surface area (Å²) >= 11 is 10.2. The molecule has 1 heterocycles. The molecule has 3 aromatic rings. The van der Waals surface area contributed by atoms with Crippen LogP contribution in [0.15, 0.2) is 76.1 Å². The number of amides is 1. The van der Waals surface area contributed by atoms with Gasteiger partial charge in [-0.2, -0.15) is 0 Å². The van der Waals surface area contributed by atoms with E-state index in [4.69, 9.17) is 26.4 Å². The molecule has 1 aliphatic rings. The Morgan fingerprint density at radius 2 is 1.69 bits per heavy atom. The van der Waals surface area contributed by atoms with Crippen LogP contribution in [0.5, 0.6) is 17.2 Å². The lowest BCUT2D eigenvalue weighted by Gasteiger charge is -2.14. The van der Waals surface area contributed by atoms with Crippen molar-refractivity contribution in [2.24, 2.45) is 0 Å². The molecule has 0 aliphatic carbocycles. The first kappa shape index (κ1) is 25.3. The summed E-state index contributed by atoms with van der Waals surface area (Å²) in [6.07, 6.45) is 1.84. The van der Waals surface area contributed by atoms with Crippen molar-refractivity contribution in [3.05, 3.63) is 92.8 Å². The number of methoxy groups -OCH3 is 1. The van der Waals surface area contributed by atoms with Gasteiger partial charge in [0.05, 0.1) is 25.2 Å². The Morgan fingerprint density at radius 3 is 2.37 bits per heavy atom. The lowest BCUT2D eigenvalue weighted by molar-refractivity contribution is -0.122. The zero-order chi connectivity index (χ0) is 24.8. The molecule has 5 nitrogen and oxygen atoms in total. The molecule has 1 fully saturated rings. The van der Waals surface area contributed by atoms with E-state index in [1.54, 1.807) is 12.0 Å². The number of carbonyl (C=O) groups is 1. The Bertz CT molecular complexity index is 1240. The molecule has 3 aromatic carbocycles. The molecule has 1 amide bonds. The average Bonchev–Trinajstić information content (AvgIpc) is 3.12. The van der Waals surface area contributed by atoms with Crippen LogP contribution in [0.4, 0.5) is 0 Å². The normalized spacial score (nSPS) is 14.5. The second-order valence-corrected chi connectivity index (χ2v) is 10.3. The summed E-state index contributed by atoms with van der Waals surface area (Å²) in [5.74, 6) is 1.95. The Kier molecular flexibility index (Phi) is 8.49. The molecule has 35 heavy (non-hydrogen) atoms. The van der Waals surface area contributed by atoms with Crippen LogP contribution in [-0.4, -0.2) is 28.8 Å². The fraction of sp³-hybridized carbons (Fsp3) is 0.185. The van der Waals surface area contributed by atoms with E-state index in [-0.39, 0.29) is 5.91 Å². The van der Waals surface area contributed by atoms with Crippen LogP contribution in [0.25, 0.3) is 6.08 Å². The number of halogens is 1. The maximum Gasteiger partial charge on any atom is 0.266 e. The van der Waals surface area contributed by atoms with Crippen LogP contribution in [0.1, 0.15) is 23.6 Å². The van der Waals surface area contributed by atoms with Gasteiger partial charge in [0, 0.05) is 4.47 Å². The maximum atomic E-state index is 13.1. The summed E-state index contributed by atoms with van der Waals surface area (Å²) in [4.78, 5) is 15.3. The van der Waals surface area contributed by atoms with Gasteiger partial charge in [-0.15, -0.1) is 0 Å². The summed E-state index contributed by atoms with van der Waals surface area (Å²) in [7, 11) is 1.62. The molecule has 0 spiro atoms. The molecule has 0 saturated carbocycles. The van der Waals surface area contributed by atoms with E-state index >= 15 is 0 Å². The van der Waals surface area contributed by atoms with Crippen molar-refractivity contribution < 1.29 is 19.0 Å². The Morgan fingerprint density at radius 1 is 0.971 bits per heavy atom. The van der Waals surface area contributed by atoms with Gasteiger partial charge in [0.2, 0.25) is 0 Å². The van der Waals surface area contributed by atoms with Crippen molar-refractivity contribution in [3.63, 3.8) is 0 Å². The van der Waals surface area contributed by atoms with Gasteiger partial charge in [0.1, 0.15) is 16.7 Å². The standard InChI is InChI=1S/C27H24BrNO4S2/c1-3-32-24-14-20(8-13-23(24)33-17-19-4-9-21(28)10-5-19)15-25-26(30)29(27(34)35-25)16-18-6-11-22(31-2)12-7-18/h4-15H,3,16-17H2,1-2H3/b25-15-. The monoisotopic (exact) mass is 569 g/mol. The van der Waals surface area contributed by atoms with Crippen molar-refractivity contribution in [2.75, 3.05) is 13.7 Å². The van der Waals surface area contributed by atoms with Gasteiger partial charge in [0.15, 0.2) is 11.5 Å². The molecule has 0 bridgehead atoms. The molecule has 1 aliphatic heterocycles. The Balaban J connectivity index is 1.48. The molecule has 0 atom stereocenters. The molecule has 0 aromatic heterocycles. The van der Waals surface area contributed by atoms with Crippen LogP contribution in [0.2, 0.25) is 0 Å². The summed E-state index contributed by atoms with van der Waals surface area (Å²) in [6, 6.07) is 21.3. The van der Waals surface area contributed by atoms with Crippen molar-refractivity contribution in [2.45, 2.75) is 20.1 Å². The van der Waals surface area contributed by atoms with Gasteiger partial charge < -0.3 is 14.2 Å². The number of thiocarbonyl (C=S) groups is 1. The molecule has 0 radical (unpaired) electrons. The first-order valence-electron chi connectivity index (χ1n) is 11.0. The highest BCUT2D eigenvalue weighted by molar-refractivity contribution is 9.10. The number of thioether (sulfide) groups is 1. The largest absolute Gasteiger partial charge is 0.497 e. The maximum absolute atomic E-state index is 13.1. The Hall–Kier alpha value is -2.81. The molecule has 0 unspecified atom stereocenters. The van der Waals surface area contributed by atoms with Gasteiger partial charge in [0.25, 0.3) is 5.91 Å². The number of nitrogens with zero attached hydrogens (tertiary/aromatic N) is 1. The minimum atomic E-state index is -0.107. The number of carbonyl (C=O) groups excluding carboxylic acids is 1. The average molecular weight is 571 g/mol. The second-order valence-electron chi connectivity index (χ2n) is 7.67. The predicted molar refractivity (Wildman–Crippen MR) is 148 cm³/mol. The van der Waals surface area contributed by atoms with Crippen LogP contribution < -0.4 is 14.2 Å². The third kappa shape index (κ3) is 6.45. The number of rotatable bonds is 9. The number of hydrogen-bond acceptors (Lipinski definition) is 6. The van der Waals surface area contributed by atoms with E-state index in [0.29, 0.717) is 40.5 Å². The number of ether oxygens (including phenoxy) is 3. The molecule has 4 rings (SSSR count). The zero-order valence-corrected chi connectivity index (χ0v) is 22.5. The summed E-state index contributed by atoms with van der Waals surface area (Å²) in [5.41, 5.74) is 2.88. The lowest BCUT2D eigenvalue weighted by Crippen LogP contribution is -2.27. The van der Waals surface area contributed by atoms with Gasteiger partial charge in [-0.1, -0.05) is 70.2 Å². The van der Waals surface area contributed by atoms with Gasteiger partial charge in [-0.25, -0.2) is 0 Å². The third-order valence-corrected chi connectivity index (χ3v) is 7.15. The highest BCUT2D eigenvalue weighted by Gasteiger charge is 2.32. The van der Waals surface area contributed by atoms with E-state index in [1.807, 2.05) is 79.7 Å². The van der Waals surface area contributed by atoms with Crippen molar-refractivity contribution in [3.8, 4) is 17.2 Å². The van der Waals surface area contributed by atoms with Crippen LogP contribution in [0, 0.1) is 0 Å². The van der Waals surface area contributed by atoms with Crippen LogP contribution >= 0.6 is 39.9 Å². The van der Waals surface area contributed by atoms with Crippen molar-refractivity contribution in [1.29, 1.82) is 0 Å². The Labute approximate surface area is 223 Å². The minimum Gasteiger partial charge on any atom is -0.497 e. The summed E-state index contributed by atoms with van der Waals surface area (Å²) in [5, 5.41) is 0. The fourth-order valence-electron chi connectivity index (χ4n) is 3.44. The summed E-state index contributed by atoms with van der Waals surface area (Å²) in [6.45, 7) is 3.27. The van der Waals surface area contributed by atoms with Crippen LogP contribution in [-0.2, 0) is 17.9 Å². The van der Waals surface area contributed by atoms with E-state index in [9.17, 15) is 4.79 Å². The molecule has 8 heteroatoms. The van der Waals surface area contributed by atoms with Crippen molar-refractivity contribution >= 4 is 56.2 Å². The lowest BCUT2D eigenvalue weighted by atomic mass is 10.1. The van der Waals surface area contributed by atoms with E-state index in [0.717, 1.165) is 26.9 Å². The van der Waals surface area contributed by atoms with E-state index in [2.05, 4.69) is 15.9 Å². The zero-order valence-electron chi connectivity index (χ0n) is 19.3. The predicted octanol–water partition coefficient (Wildman–Crippen LogP) is 6.84. The third-order valence-electron chi connectivity index (χ3n) is 5.25. The SMILES string of the molecule is CCOc1cc(/C=C2\SC(=S)N(Cc3ccc(OC)cc3)C2=O)ccc1OCc1ccc(Br)cc1. The molecular formula is C27H24BrNO4S2. The van der Waals surface area contributed by atoms with Gasteiger partial charge in [-0.05, 0) is 66.1 Å². The minimum absolute atomic E-state index is 0.107. The molecule has 180 valence electrons. The van der Waals surface area contributed by atoms with Crippen molar-refractivity contribution in [1.82, 2.24) is 4.90 Å².